The minimum absolute atomic E-state index is 0.137. The third-order valence-corrected chi connectivity index (χ3v) is 3.14. The van der Waals surface area contributed by atoms with E-state index in [1.54, 1.807) is 0 Å². The summed E-state index contributed by atoms with van der Waals surface area (Å²) in [5.41, 5.74) is 4.63. The molecule has 68 valence electrons. The summed E-state index contributed by atoms with van der Waals surface area (Å²) in [6.07, 6.45) is 2.46. The summed E-state index contributed by atoms with van der Waals surface area (Å²) in [6.45, 7) is 8.09. The summed E-state index contributed by atoms with van der Waals surface area (Å²) in [5, 5.41) is 9.82. The van der Waals surface area contributed by atoms with Crippen molar-refractivity contribution in [2.24, 2.45) is 11.1 Å². The number of rotatable bonds is 4. The highest BCUT2D eigenvalue weighted by molar-refractivity contribution is 4.88. The van der Waals surface area contributed by atoms with Crippen LogP contribution in [0.5, 0.6) is 0 Å². The van der Waals surface area contributed by atoms with E-state index in [2.05, 4.69) is 13.8 Å². The minimum Gasteiger partial charge on any atom is -0.376 e. The predicted molar refractivity (Wildman–Crippen MR) is 48.1 cm³/mol. The van der Waals surface area contributed by atoms with Gasteiger partial charge in [-0.1, -0.05) is 27.7 Å². The van der Waals surface area contributed by atoms with Crippen LogP contribution < -0.4 is 5.73 Å². The summed E-state index contributed by atoms with van der Waals surface area (Å²) in [4.78, 5) is 0. The second-order valence-corrected chi connectivity index (χ2v) is 3.55. The lowest BCUT2D eigenvalue weighted by molar-refractivity contribution is -0.0790. The van der Waals surface area contributed by atoms with Gasteiger partial charge in [-0.15, -0.1) is 0 Å². The van der Waals surface area contributed by atoms with E-state index in [1.807, 2.05) is 13.8 Å². The predicted octanol–water partition coefficient (Wildman–Crippen LogP) is 1.87. The van der Waals surface area contributed by atoms with Crippen molar-refractivity contribution < 1.29 is 5.11 Å². The molecule has 2 heteroatoms. The molecule has 0 aromatic carbocycles. The fourth-order valence-corrected chi connectivity index (χ4v) is 1.29. The first kappa shape index (κ1) is 10.9. The van der Waals surface area contributed by atoms with E-state index < -0.39 is 5.72 Å². The Morgan fingerprint density at radius 3 is 1.55 bits per heavy atom. The molecule has 0 heterocycles. The van der Waals surface area contributed by atoms with Crippen molar-refractivity contribution in [3.05, 3.63) is 0 Å². The second kappa shape index (κ2) is 3.55. The lowest BCUT2D eigenvalue weighted by atomic mass is 9.74. The Hall–Kier alpha value is -0.0800. The van der Waals surface area contributed by atoms with Crippen LogP contribution in [0.25, 0.3) is 0 Å². The summed E-state index contributed by atoms with van der Waals surface area (Å²) in [6, 6.07) is 0. The highest BCUT2D eigenvalue weighted by Crippen LogP contribution is 2.36. The van der Waals surface area contributed by atoms with E-state index in [1.165, 1.54) is 0 Å². The topological polar surface area (TPSA) is 46.2 Å². The second-order valence-electron chi connectivity index (χ2n) is 3.55. The van der Waals surface area contributed by atoms with Crippen LogP contribution in [-0.2, 0) is 0 Å². The lowest BCUT2D eigenvalue weighted by Gasteiger charge is -2.40. The van der Waals surface area contributed by atoms with E-state index in [-0.39, 0.29) is 5.41 Å². The summed E-state index contributed by atoms with van der Waals surface area (Å²) in [5.74, 6) is 0. The molecule has 0 radical (unpaired) electrons. The minimum atomic E-state index is -1.00. The molecule has 2 nitrogen and oxygen atoms in total. The Bertz CT molecular complexity index is 117. The maximum atomic E-state index is 9.82. The Morgan fingerprint density at radius 1 is 1.09 bits per heavy atom. The van der Waals surface area contributed by atoms with Gasteiger partial charge >= 0.3 is 0 Å². The van der Waals surface area contributed by atoms with Gasteiger partial charge in [0.1, 0.15) is 5.72 Å². The zero-order chi connectivity index (χ0) is 9.12. The van der Waals surface area contributed by atoms with Crippen LogP contribution in [0.4, 0.5) is 0 Å². The SMILES string of the molecule is CCC(N)(O)C(C)(CC)CC. The molecule has 1 atom stereocenters. The van der Waals surface area contributed by atoms with Crippen molar-refractivity contribution >= 4 is 0 Å². The van der Waals surface area contributed by atoms with Gasteiger partial charge in [0.2, 0.25) is 0 Å². The van der Waals surface area contributed by atoms with E-state index in [0.29, 0.717) is 6.42 Å². The summed E-state index contributed by atoms with van der Waals surface area (Å²) < 4.78 is 0. The van der Waals surface area contributed by atoms with Gasteiger partial charge in [-0.05, 0) is 19.3 Å². The number of nitrogens with two attached hydrogens (primary N) is 1. The van der Waals surface area contributed by atoms with Crippen molar-refractivity contribution in [1.82, 2.24) is 0 Å². The Morgan fingerprint density at radius 2 is 1.45 bits per heavy atom. The van der Waals surface area contributed by atoms with Gasteiger partial charge in [0.05, 0.1) is 0 Å². The normalized spacial score (nSPS) is 18.0. The van der Waals surface area contributed by atoms with Crippen LogP contribution in [0.2, 0.25) is 0 Å². The highest BCUT2D eigenvalue weighted by atomic mass is 16.3. The Balaban J connectivity index is 4.47. The molecule has 11 heavy (non-hydrogen) atoms. The molecule has 0 aliphatic carbocycles. The molecule has 0 aliphatic heterocycles. The quantitative estimate of drug-likeness (QED) is 0.615. The molecular formula is C9H21NO. The third kappa shape index (κ3) is 1.94. The molecule has 0 spiro atoms. The van der Waals surface area contributed by atoms with Gasteiger partial charge in [-0.25, -0.2) is 0 Å². The number of hydrogen-bond donors (Lipinski definition) is 2. The van der Waals surface area contributed by atoms with Gasteiger partial charge in [-0.3, -0.25) is 0 Å². The molecule has 0 saturated carbocycles. The standard InChI is InChI=1S/C9H21NO/c1-5-8(4,6-2)9(10,11)7-3/h11H,5-7,10H2,1-4H3. The third-order valence-electron chi connectivity index (χ3n) is 3.14. The first-order valence-electron chi connectivity index (χ1n) is 4.44. The van der Waals surface area contributed by atoms with E-state index in [9.17, 15) is 5.11 Å². The average Bonchev–Trinajstić information content (AvgIpc) is 2.02. The maximum Gasteiger partial charge on any atom is 0.118 e. The van der Waals surface area contributed by atoms with E-state index >= 15 is 0 Å². The number of aliphatic hydroxyl groups is 1. The van der Waals surface area contributed by atoms with Crippen molar-refractivity contribution in [1.29, 1.82) is 0 Å². The van der Waals surface area contributed by atoms with Crippen LogP contribution >= 0.6 is 0 Å². The van der Waals surface area contributed by atoms with Crippen molar-refractivity contribution in [3.8, 4) is 0 Å². The molecule has 0 rings (SSSR count). The summed E-state index contributed by atoms with van der Waals surface area (Å²) >= 11 is 0. The van der Waals surface area contributed by atoms with Crippen molar-refractivity contribution in [2.45, 2.75) is 52.7 Å². The van der Waals surface area contributed by atoms with Crippen LogP contribution in [0.3, 0.4) is 0 Å². The average molecular weight is 159 g/mol. The maximum absolute atomic E-state index is 9.82. The molecule has 0 bridgehead atoms. The van der Waals surface area contributed by atoms with Crippen LogP contribution in [-0.4, -0.2) is 10.8 Å². The lowest BCUT2D eigenvalue weighted by Crippen LogP contribution is -2.53. The van der Waals surface area contributed by atoms with Crippen LogP contribution in [0.1, 0.15) is 47.0 Å². The largest absolute Gasteiger partial charge is 0.376 e. The van der Waals surface area contributed by atoms with Gasteiger partial charge in [0.15, 0.2) is 0 Å². The first-order chi connectivity index (χ1) is 4.93. The van der Waals surface area contributed by atoms with Crippen molar-refractivity contribution in [3.63, 3.8) is 0 Å². The number of hydrogen-bond acceptors (Lipinski definition) is 2. The van der Waals surface area contributed by atoms with Crippen LogP contribution in [0, 0.1) is 5.41 Å². The molecule has 1 unspecified atom stereocenters. The first-order valence-corrected chi connectivity index (χ1v) is 4.44. The highest BCUT2D eigenvalue weighted by Gasteiger charge is 2.39. The molecule has 0 aromatic rings. The monoisotopic (exact) mass is 159 g/mol. The molecule has 0 fully saturated rings. The van der Waals surface area contributed by atoms with Gasteiger partial charge in [-0.2, -0.15) is 0 Å². The molecular weight excluding hydrogens is 138 g/mol. The zero-order valence-electron chi connectivity index (χ0n) is 8.15. The van der Waals surface area contributed by atoms with Gasteiger partial charge in [0.25, 0.3) is 0 Å². The van der Waals surface area contributed by atoms with Crippen molar-refractivity contribution in [2.75, 3.05) is 0 Å². The fraction of sp³-hybridized carbons (Fsp3) is 1.00. The molecule has 3 N–H and O–H groups in total. The zero-order valence-corrected chi connectivity index (χ0v) is 8.15. The molecule has 0 aromatic heterocycles. The van der Waals surface area contributed by atoms with E-state index in [0.717, 1.165) is 12.8 Å². The molecule has 0 amide bonds. The molecule has 0 saturated heterocycles. The fourth-order valence-electron chi connectivity index (χ4n) is 1.29. The Labute approximate surface area is 69.8 Å². The summed E-state index contributed by atoms with van der Waals surface area (Å²) in [7, 11) is 0. The van der Waals surface area contributed by atoms with Crippen LogP contribution in [0.15, 0.2) is 0 Å². The molecule has 0 aliphatic rings. The smallest absolute Gasteiger partial charge is 0.118 e. The van der Waals surface area contributed by atoms with Gasteiger partial charge < -0.3 is 10.8 Å². The van der Waals surface area contributed by atoms with E-state index in [4.69, 9.17) is 5.73 Å². The van der Waals surface area contributed by atoms with Gasteiger partial charge in [0, 0.05) is 5.41 Å². The Kier molecular flexibility index (Phi) is 3.52.